The Bertz CT molecular complexity index is 553. The Hall–Kier alpha value is -1.84. The first-order valence-corrected chi connectivity index (χ1v) is 7.47. The first-order valence-electron chi connectivity index (χ1n) is 7.47. The maximum Gasteiger partial charge on any atom is 0.306 e. The smallest absolute Gasteiger partial charge is 0.306 e. The van der Waals surface area contributed by atoms with Gasteiger partial charge in [-0.3, -0.25) is 9.59 Å². The third kappa shape index (κ3) is 3.63. The van der Waals surface area contributed by atoms with Crippen molar-refractivity contribution < 1.29 is 14.7 Å². The van der Waals surface area contributed by atoms with Crippen LogP contribution in [-0.4, -0.2) is 34.5 Å². The Balaban J connectivity index is 2.00. The lowest BCUT2D eigenvalue weighted by Crippen LogP contribution is -2.46. The van der Waals surface area contributed by atoms with Crippen LogP contribution < -0.4 is 0 Å². The number of carboxylic acid groups (broad SMARTS) is 1. The number of hydrogen-bond acceptors (Lipinski definition) is 2. The molecule has 4 nitrogen and oxygen atoms in total. The van der Waals surface area contributed by atoms with Gasteiger partial charge in [-0.25, -0.2) is 0 Å². The molecule has 0 aliphatic carbocycles. The van der Waals surface area contributed by atoms with Gasteiger partial charge in [0.15, 0.2) is 0 Å². The molecular formula is C17H23NO3. The van der Waals surface area contributed by atoms with E-state index in [2.05, 4.69) is 13.0 Å². The fourth-order valence-corrected chi connectivity index (χ4v) is 2.96. The van der Waals surface area contributed by atoms with Gasteiger partial charge in [0.05, 0.1) is 12.3 Å². The maximum absolute atomic E-state index is 12.4. The molecule has 1 N–H and O–H groups in total. The molecule has 114 valence electrons. The van der Waals surface area contributed by atoms with Crippen LogP contribution in [0.1, 0.15) is 36.5 Å². The molecule has 1 fully saturated rings. The van der Waals surface area contributed by atoms with Crippen LogP contribution in [0.5, 0.6) is 0 Å². The normalized spacial score (nSPS) is 22.1. The van der Waals surface area contributed by atoms with Crippen molar-refractivity contribution in [2.75, 3.05) is 6.54 Å². The summed E-state index contributed by atoms with van der Waals surface area (Å²) in [4.78, 5) is 25.3. The number of likely N-dealkylation sites (tertiary alicyclic amines) is 1. The van der Waals surface area contributed by atoms with Gasteiger partial charge in [-0.05, 0) is 50.3 Å². The van der Waals surface area contributed by atoms with Crippen molar-refractivity contribution in [1.29, 1.82) is 0 Å². The van der Waals surface area contributed by atoms with Gasteiger partial charge in [0.25, 0.3) is 0 Å². The van der Waals surface area contributed by atoms with Crippen LogP contribution in [0.15, 0.2) is 18.2 Å². The van der Waals surface area contributed by atoms with E-state index in [1.54, 1.807) is 0 Å². The van der Waals surface area contributed by atoms with E-state index in [0.717, 1.165) is 5.56 Å². The van der Waals surface area contributed by atoms with Gasteiger partial charge in [0, 0.05) is 12.6 Å². The standard InChI is InChI=1S/C17H23NO3/c1-11-4-5-14(8-12(11)2)10-16(19)18-7-6-15(17(20)21)9-13(18)3/h4-5,8,13,15H,6-7,9-10H2,1-3H3,(H,20,21). The van der Waals surface area contributed by atoms with E-state index in [1.807, 2.05) is 30.9 Å². The van der Waals surface area contributed by atoms with Crippen molar-refractivity contribution in [1.82, 2.24) is 4.90 Å². The number of carboxylic acids is 1. The van der Waals surface area contributed by atoms with Crippen LogP contribution in [0.4, 0.5) is 0 Å². The number of amides is 1. The number of benzene rings is 1. The highest BCUT2D eigenvalue weighted by molar-refractivity contribution is 5.79. The molecule has 1 aliphatic heterocycles. The number of aryl methyl sites for hydroxylation is 2. The molecule has 2 unspecified atom stereocenters. The lowest BCUT2D eigenvalue weighted by molar-refractivity contribution is -0.147. The third-order valence-electron chi connectivity index (χ3n) is 4.47. The predicted octanol–water partition coefficient (Wildman–Crippen LogP) is 2.56. The lowest BCUT2D eigenvalue weighted by Gasteiger charge is -2.36. The van der Waals surface area contributed by atoms with Crippen molar-refractivity contribution in [3.63, 3.8) is 0 Å². The molecule has 0 bridgehead atoms. The summed E-state index contributed by atoms with van der Waals surface area (Å²) in [6.07, 6.45) is 1.50. The molecule has 2 rings (SSSR count). The first-order chi connectivity index (χ1) is 9.88. The molecule has 1 aromatic rings. The van der Waals surface area contributed by atoms with Crippen molar-refractivity contribution in [2.45, 2.75) is 46.1 Å². The fourth-order valence-electron chi connectivity index (χ4n) is 2.96. The third-order valence-corrected chi connectivity index (χ3v) is 4.47. The van der Waals surface area contributed by atoms with Gasteiger partial charge >= 0.3 is 5.97 Å². The highest BCUT2D eigenvalue weighted by Crippen LogP contribution is 2.24. The van der Waals surface area contributed by atoms with Gasteiger partial charge in [-0.2, -0.15) is 0 Å². The average molecular weight is 289 g/mol. The van der Waals surface area contributed by atoms with Crippen molar-refractivity contribution in [3.05, 3.63) is 34.9 Å². The zero-order chi connectivity index (χ0) is 15.6. The van der Waals surface area contributed by atoms with E-state index in [0.29, 0.717) is 25.8 Å². The topological polar surface area (TPSA) is 57.6 Å². The molecule has 1 saturated heterocycles. The lowest BCUT2D eigenvalue weighted by atomic mass is 9.91. The quantitative estimate of drug-likeness (QED) is 0.930. The summed E-state index contributed by atoms with van der Waals surface area (Å²) in [6, 6.07) is 6.09. The number of carbonyl (C=O) groups excluding carboxylic acids is 1. The second kappa shape index (κ2) is 6.29. The fraction of sp³-hybridized carbons (Fsp3) is 0.529. The number of hydrogen-bond donors (Lipinski definition) is 1. The van der Waals surface area contributed by atoms with Crippen LogP contribution in [0.2, 0.25) is 0 Å². The molecule has 1 aromatic carbocycles. The molecule has 2 atom stereocenters. The van der Waals surface area contributed by atoms with E-state index in [9.17, 15) is 9.59 Å². The van der Waals surface area contributed by atoms with Crippen LogP contribution in [0, 0.1) is 19.8 Å². The van der Waals surface area contributed by atoms with Gasteiger partial charge in [0.2, 0.25) is 5.91 Å². The monoisotopic (exact) mass is 289 g/mol. The molecule has 1 aliphatic rings. The zero-order valence-corrected chi connectivity index (χ0v) is 12.9. The Morgan fingerprint density at radius 1 is 1.29 bits per heavy atom. The second-order valence-corrected chi connectivity index (χ2v) is 6.09. The Morgan fingerprint density at radius 3 is 2.57 bits per heavy atom. The molecular weight excluding hydrogens is 266 g/mol. The van der Waals surface area contributed by atoms with E-state index in [-0.39, 0.29) is 17.9 Å². The first kappa shape index (κ1) is 15.5. The molecule has 4 heteroatoms. The van der Waals surface area contributed by atoms with E-state index >= 15 is 0 Å². The summed E-state index contributed by atoms with van der Waals surface area (Å²) in [5.74, 6) is -0.969. The maximum atomic E-state index is 12.4. The zero-order valence-electron chi connectivity index (χ0n) is 12.9. The van der Waals surface area contributed by atoms with Crippen LogP contribution in [0.3, 0.4) is 0 Å². The number of rotatable bonds is 3. The summed E-state index contributed by atoms with van der Waals surface area (Å²) in [6.45, 7) is 6.58. The molecule has 1 heterocycles. The summed E-state index contributed by atoms with van der Waals surface area (Å²) >= 11 is 0. The predicted molar refractivity (Wildman–Crippen MR) is 81.2 cm³/mol. The van der Waals surface area contributed by atoms with Crippen LogP contribution >= 0.6 is 0 Å². The number of nitrogens with zero attached hydrogens (tertiary/aromatic N) is 1. The molecule has 21 heavy (non-hydrogen) atoms. The van der Waals surface area contributed by atoms with Crippen molar-refractivity contribution >= 4 is 11.9 Å². The van der Waals surface area contributed by atoms with Crippen LogP contribution in [0.25, 0.3) is 0 Å². The van der Waals surface area contributed by atoms with Crippen LogP contribution in [-0.2, 0) is 16.0 Å². The molecule has 0 saturated carbocycles. The summed E-state index contributed by atoms with van der Waals surface area (Å²) in [5.41, 5.74) is 3.44. The largest absolute Gasteiger partial charge is 0.481 e. The summed E-state index contributed by atoms with van der Waals surface area (Å²) < 4.78 is 0. The number of carbonyl (C=O) groups is 2. The summed E-state index contributed by atoms with van der Waals surface area (Å²) in [7, 11) is 0. The van der Waals surface area contributed by atoms with E-state index in [4.69, 9.17) is 5.11 Å². The van der Waals surface area contributed by atoms with Gasteiger partial charge in [-0.15, -0.1) is 0 Å². The minimum atomic E-state index is -0.747. The highest BCUT2D eigenvalue weighted by Gasteiger charge is 2.31. The van der Waals surface area contributed by atoms with Crippen molar-refractivity contribution in [2.24, 2.45) is 5.92 Å². The number of piperidine rings is 1. The minimum Gasteiger partial charge on any atom is -0.481 e. The molecule has 0 aromatic heterocycles. The van der Waals surface area contributed by atoms with Gasteiger partial charge in [0.1, 0.15) is 0 Å². The van der Waals surface area contributed by atoms with Gasteiger partial charge in [-0.1, -0.05) is 18.2 Å². The van der Waals surface area contributed by atoms with Crippen molar-refractivity contribution in [3.8, 4) is 0 Å². The Morgan fingerprint density at radius 2 is 2.00 bits per heavy atom. The van der Waals surface area contributed by atoms with E-state index in [1.165, 1.54) is 11.1 Å². The molecule has 0 radical (unpaired) electrons. The minimum absolute atomic E-state index is 0.00102. The second-order valence-electron chi connectivity index (χ2n) is 6.09. The van der Waals surface area contributed by atoms with Gasteiger partial charge < -0.3 is 10.0 Å². The molecule has 0 spiro atoms. The Labute approximate surface area is 125 Å². The Kier molecular flexibility index (Phi) is 4.66. The molecule has 1 amide bonds. The average Bonchev–Trinajstić information content (AvgIpc) is 2.42. The number of aliphatic carboxylic acids is 1. The van der Waals surface area contributed by atoms with E-state index < -0.39 is 5.97 Å². The summed E-state index contributed by atoms with van der Waals surface area (Å²) in [5, 5.41) is 9.07. The SMILES string of the molecule is Cc1ccc(CC(=O)N2CCC(C(=O)O)CC2C)cc1C. The highest BCUT2D eigenvalue weighted by atomic mass is 16.4.